The summed E-state index contributed by atoms with van der Waals surface area (Å²) in [6.45, 7) is 0. The standard InChI is InChI=1S/C9H12Cl2/c10-9(11)7-5-3-1-2-4-6-8(7)9/h1-2,7-8H,3-6H2/b2-1-/t7-,8-/m0/s1. The second-order valence-corrected chi connectivity index (χ2v) is 4.96. The third-order valence-corrected chi connectivity index (χ3v) is 3.94. The number of alkyl halides is 2. The minimum absolute atomic E-state index is 0.369. The molecule has 1 fully saturated rings. The van der Waals surface area contributed by atoms with Crippen LogP contribution in [0.2, 0.25) is 0 Å². The number of halogens is 2. The Hall–Kier alpha value is 0.320. The van der Waals surface area contributed by atoms with Crippen LogP contribution in [0.1, 0.15) is 25.7 Å². The summed E-state index contributed by atoms with van der Waals surface area (Å²) in [6.07, 6.45) is 9.16. The molecule has 0 spiro atoms. The highest BCUT2D eigenvalue weighted by atomic mass is 35.5. The Kier molecular flexibility index (Phi) is 1.93. The van der Waals surface area contributed by atoms with Crippen LogP contribution in [-0.4, -0.2) is 4.33 Å². The van der Waals surface area contributed by atoms with Gasteiger partial charge in [0.2, 0.25) is 0 Å². The molecule has 0 bridgehead atoms. The van der Waals surface area contributed by atoms with Crippen molar-refractivity contribution in [2.24, 2.45) is 11.8 Å². The third kappa shape index (κ3) is 1.31. The van der Waals surface area contributed by atoms with Gasteiger partial charge in [0.05, 0.1) is 0 Å². The summed E-state index contributed by atoms with van der Waals surface area (Å²) in [7, 11) is 0. The highest BCUT2D eigenvalue weighted by molar-refractivity contribution is 6.51. The van der Waals surface area contributed by atoms with Gasteiger partial charge in [0, 0.05) is 0 Å². The average molecular weight is 191 g/mol. The van der Waals surface area contributed by atoms with Crippen molar-refractivity contribution in [1.29, 1.82) is 0 Å². The topological polar surface area (TPSA) is 0 Å². The summed E-state index contributed by atoms with van der Waals surface area (Å²) in [6, 6.07) is 0. The van der Waals surface area contributed by atoms with Gasteiger partial charge in [-0.15, -0.1) is 23.2 Å². The molecular weight excluding hydrogens is 179 g/mol. The van der Waals surface area contributed by atoms with Crippen LogP contribution in [0.5, 0.6) is 0 Å². The Balaban J connectivity index is 2.02. The first-order valence-electron chi connectivity index (χ1n) is 4.25. The average Bonchev–Trinajstić information content (AvgIpc) is 2.29. The van der Waals surface area contributed by atoms with E-state index in [1.807, 2.05) is 0 Å². The summed E-state index contributed by atoms with van der Waals surface area (Å²) in [4.78, 5) is 0. The van der Waals surface area contributed by atoms with E-state index in [2.05, 4.69) is 12.2 Å². The van der Waals surface area contributed by atoms with Crippen molar-refractivity contribution < 1.29 is 0 Å². The quantitative estimate of drug-likeness (QED) is 0.405. The Labute approximate surface area is 77.6 Å². The van der Waals surface area contributed by atoms with Gasteiger partial charge in [-0.25, -0.2) is 0 Å². The van der Waals surface area contributed by atoms with E-state index >= 15 is 0 Å². The number of fused-ring (bicyclic) bond motifs is 1. The first kappa shape index (κ1) is 7.94. The second kappa shape index (κ2) is 2.67. The van der Waals surface area contributed by atoms with Crippen LogP contribution in [0.25, 0.3) is 0 Å². The van der Waals surface area contributed by atoms with Gasteiger partial charge in [0.25, 0.3) is 0 Å². The Morgan fingerprint density at radius 2 is 1.45 bits per heavy atom. The van der Waals surface area contributed by atoms with E-state index in [1.54, 1.807) is 0 Å². The molecule has 62 valence electrons. The molecule has 0 unspecified atom stereocenters. The fourth-order valence-electron chi connectivity index (χ4n) is 2.04. The fraction of sp³-hybridized carbons (Fsp3) is 0.778. The van der Waals surface area contributed by atoms with Crippen LogP contribution in [0.4, 0.5) is 0 Å². The molecule has 0 aliphatic heterocycles. The van der Waals surface area contributed by atoms with Crippen molar-refractivity contribution in [3.63, 3.8) is 0 Å². The molecule has 0 aromatic carbocycles. The van der Waals surface area contributed by atoms with E-state index in [0.29, 0.717) is 11.8 Å². The minimum atomic E-state index is -0.369. The first-order valence-corrected chi connectivity index (χ1v) is 5.01. The molecular formula is C9H12Cl2. The van der Waals surface area contributed by atoms with E-state index in [0.717, 1.165) is 12.8 Å². The van der Waals surface area contributed by atoms with Gasteiger partial charge in [-0.2, -0.15) is 0 Å². The Morgan fingerprint density at radius 3 is 1.91 bits per heavy atom. The van der Waals surface area contributed by atoms with Gasteiger partial charge in [-0.05, 0) is 37.5 Å². The van der Waals surface area contributed by atoms with E-state index in [9.17, 15) is 0 Å². The van der Waals surface area contributed by atoms with E-state index < -0.39 is 0 Å². The zero-order valence-electron chi connectivity index (χ0n) is 6.39. The predicted octanol–water partition coefficient (Wildman–Crippen LogP) is 3.54. The first-order chi connectivity index (χ1) is 5.23. The lowest BCUT2D eigenvalue weighted by Gasteiger charge is -1.98. The van der Waals surface area contributed by atoms with Gasteiger partial charge in [-0.3, -0.25) is 0 Å². The van der Waals surface area contributed by atoms with E-state index in [4.69, 9.17) is 23.2 Å². The minimum Gasteiger partial charge on any atom is -0.101 e. The van der Waals surface area contributed by atoms with Crippen molar-refractivity contribution in [3.05, 3.63) is 12.2 Å². The highest BCUT2D eigenvalue weighted by Gasteiger charge is 2.61. The van der Waals surface area contributed by atoms with Crippen LogP contribution in [0, 0.1) is 11.8 Å². The van der Waals surface area contributed by atoms with Crippen molar-refractivity contribution in [2.45, 2.75) is 30.0 Å². The lowest BCUT2D eigenvalue weighted by atomic mass is 10.1. The molecule has 0 heterocycles. The third-order valence-electron chi connectivity index (χ3n) is 2.82. The molecule has 0 amide bonds. The van der Waals surface area contributed by atoms with Crippen LogP contribution < -0.4 is 0 Å². The van der Waals surface area contributed by atoms with Crippen LogP contribution in [0.3, 0.4) is 0 Å². The fourth-order valence-corrected chi connectivity index (χ4v) is 2.95. The molecule has 2 rings (SSSR count). The molecule has 2 aliphatic carbocycles. The van der Waals surface area contributed by atoms with Crippen molar-refractivity contribution >= 4 is 23.2 Å². The number of rotatable bonds is 0. The smallest absolute Gasteiger partial charge is 0.101 e. The van der Waals surface area contributed by atoms with Crippen molar-refractivity contribution in [3.8, 4) is 0 Å². The second-order valence-electron chi connectivity index (χ2n) is 3.51. The summed E-state index contributed by atoms with van der Waals surface area (Å²) in [5.74, 6) is 1.16. The van der Waals surface area contributed by atoms with Crippen LogP contribution >= 0.6 is 23.2 Å². The summed E-state index contributed by atoms with van der Waals surface area (Å²) < 4.78 is -0.369. The zero-order valence-corrected chi connectivity index (χ0v) is 7.91. The predicted molar refractivity (Wildman–Crippen MR) is 49.0 cm³/mol. The molecule has 0 aromatic heterocycles. The largest absolute Gasteiger partial charge is 0.124 e. The van der Waals surface area contributed by atoms with E-state index in [1.165, 1.54) is 12.8 Å². The van der Waals surface area contributed by atoms with Gasteiger partial charge in [-0.1, -0.05) is 12.2 Å². The maximum absolute atomic E-state index is 6.10. The van der Waals surface area contributed by atoms with Gasteiger partial charge in [0.15, 0.2) is 0 Å². The maximum atomic E-state index is 6.10. The number of hydrogen-bond acceptors (Lipinski definition) is 0. The van der Waals surface area contributed by atoms with Crippen molar-refractivity contribution in [1.82, 2.24) is 0 Å². The summed E-state index contributed by atoms with van der Waals surface area (Å²) in [5.41, 5.74) is 0. The Bertz CT molecular complexity index is 166. The number of hydrogen-bond donors (Lipinski definition) is 0. The normalized spacial score (nSPS) is 43.5. The van der Waals surface area contributed by atoms with Crippen molar-refractivity contribution in [2.75, 3.05) is 0 Å². The van der Waals surface area contributed by atoms with Crippen LogP contribution in [-0.2, 0) is 0 Å². The highest BCUT2D eigenvalue weighted by Crippen LogP contribution is 2.63. The monoisotopic (exact) mass is 190 g/mol. The molecule has 2 aliphatic rings. The molecule has 2 heteroatoms. The maximum Gasteiger partial charge on any atom is 0.124 e. The molecule has 0 nitrogen and oxygen atoms in total. The van der Waals surface area contributed by atoms with Crippen LogP contribution in [0.15, 0.2) is 12.2 Å². The molecule has 0 radical (unpaired) electrons. The zero-order chi connectivity index (χ0) is 7.90. The SMILES string of the molecule is ClC1(Cl)[C@H]2CC/C=C\CC[C@@H]21. The summed E-state index contributed by atoms with van der Waals surface area (Å²) in [5, 5.41) is 0. The molecule has 2 atom stereocenters. The van der Waals surface area contributed by atoms with E-state index in [-0.39, 0.29) is 4.33 Å². The molecule has 0 saturated heterocycles. The molecule has 1 saturated carbocycles. The van der Waals surface area contributed by atoms with Gasteiger partial charge < -0.3 is 0 Å². The summed E-state index contributed by atoms with van der Waals surface area (Å²) >= 11 is 12.2. The Morgan fingerprint density at radius 1 is 1.00 bits per heavy atom. The molecule has 11 heavy (non-hydrogen) atoms. The number of allylic oxidation sites excluding steroid dienone is 2. The van der Waals surface area contributed by atoms with Gasteiger partial charge in [0.1, 0.15) is 4.33 Å². The lowest BCUT2D eigenvalue weighted by molar-refractivity contribution is 0.605. The lowest BCUT2D eigenvalue weighted by Crippen LogP contribution is -1.89. The molecule has 0 aromatic rings. The van der Waals surface area contributed by atoms with Gasteiger partial charge >= 0.3 is 0 Å². The molecule has 0 N–H and O–H groups in total.